The van der Waals surface area contributed by atoms with Crippen LogP contribution >= 0.6 is 0 Å². The number of benzene rings is 2. The fourth-order valence-corrected chi connectivity index (χ4v) is 2.02. The third kappa shape index (κ3) is 3.10. The van der Waals surface area contributed by atoms with Crippen molar-refractivity contribution >= 4 is 5.97 Å². The van der Waals surface area contributed by atoms with Crippen LogP contribution in [-0.2, 0) is 11.2 Å². The summed E-state index contributed by atoms with van der Waals surface area (Å²) in [6.45, 7) is 5.62. The molecule has 0 heterocycles. The van der Waals surface area contributed by atoms with Crippen molar-refractivity contribution in [2.45, 2.75) is 13.3 Å². The molecule has 96 valence electrons. The van der Waals surface area contributed by atoms with Crippen LogP contribution in [0.25, 0.3) is 11.1 Å². The van der Waals surface area contributed by atoms with Crippen molar-refractivity contribution in [3.63, 3.8) is 0 Å². The van der Waals surface area contributed by atoms with Gasteiger partial charge in [-0.15, -0.1) is 0 Å². The van der Waals surface area contributed by atoms with Crippen molar-refractivity contribution in [1.29, 1.82) is 0 Å². The number of aliphatic carboxylic acids is 1. The standard InChI is InChI=1S/C17H16O2/c1-12-5-3-4-6-16(12)15-9-7-14(8-10-15)11-13(2)17(18)19/h3-10H,2,11H2,1H3,(H,18,19). The molecule has 0 bridgehead atoms. The molecule has 0 fully saturated rings. The maximum Gasteiger partial charge on any atom is 0.331 e. The van der Waals surface area contributed by atoms with E-state index in [2.05, 4.69) is 25.6 Å². The van der Waals surface area contributed by atoms with Crippen LogP contribution in [0.2, 0.25) is 0 Å². The number of hydrogen-bond donors (Lipinski definition) is 1. The Morgan fingerprint density at radius 2 is 1.74 bits per heavy atom. The minimum atomic E-state index is -0.942. The van der Waals surface area contributed by atoms with Gasteiger partial charge < -0.3 is 5.11 Å². The van der Waals surface area contributed by atoms with Crippen molar-refractivity contribution in [2.24, 2.45) is 0 Å². The molecule has 2 aromatic carbocycles. The highest BCUT2D eigenvalue weighted by molar-refractivity contribution is 5.86. The normalized spacial score (nSPS) is 10.2. The molecule has 1 N–H and O–H groups in total. The van der Waals surface area contributed by atoms with E-state index in [1.165, 1.54) is 11.1 Å². The number of rotatable bonds is 4. The quantitative estimate of drug-likeness (QED) is 0.839. The summed E-state index contributed by atoms with van der Waals surface area (Å²) >= 11 is 0. The molecule has 0 amide bonds. The van der Waals surface area contributed by atoms with Gasteiger partial charge in [-0.25, -0.2) is 4.79 Å². The number of aryl methyl sites for hydroxylation is 1. The monoisotopic (exact) mass is 252 g/mol. The lowest BCUT2D eigenvalue weighted by molar-refractivity contribution is -0.132. The fourth-order valence-electron chi connectivity index (χ4n) is 2.02. The van der Waals surface area contributed by atoms with E-state index in [0.717, 1.165) is 11.1 Å². The molecular weight excluding hydrogens is 236 g/mol. The van der Waals surface area contributed by atoms with Gasteiger partial charge in [-0.05, 0) is 29.2 Å². The molecular formula is C17H16O2. The number of hydrogen-bond acceptors (Lipinski definition) is 1. The highest BCUT2D eigenvalue weighted by atomic mass is 16.4. The molecule has 0 aliphatic carbocycles. The van der Waals surface area contributed by atoms with E-state index in [0.29, 0.717) is 6.42 Å². The average Bonchev–Trinajstić information content (AvgIpc) is 2.40. The van der Waals surface area contributed by atoms with Crippen molar-refractivity contribution < 1.29 is 9.90 Å². The lowest BCUT2D eigenvalue weighted by Crippen LogP contribution is -2.01. The van der Waals surface area contributed by atoms with Crippen molar-refractivity contribution in [1.82, 2.24) is 0 Å². The SMILES string of the molecule is C=C(Cc1ccc(-c2ccccc2C)cc1)C(=O)O. The lowest BCUT2D eigenvalue weighted by Gasteiger charge is -2.07. The Morgan fingerprint density at radius 3 is 2.32 bits per heavy atom. The largest absolute Gasteiger partial charge is 0.478 e. The Bertz CT molecular complexity index is 609. The summed E-state index contributed by atoms with van der Waals surface area (Å²) in [6, 6.07) is 16.1. The van der Waals surface area contributed by atoms with Crippen LogP contribution in [-0.4, -0.2) is 11.1 Å². The third-order valence-electron chi connectivity index (χ3n) is 3.13. The summed E-state index contributed by atoms with van der Waals surface area (Å²) in [5, 5.41) is 8.81. The Hall–Kier alpha value is -2.35. The number of carboxylic acid groups (broad SMARTS) is 1. The first-order valence-electron chi connectivity index (χ1n) is 6.14. The van der Waals surface area contributed by atoms with Crippen LogP contribution in [0.5, 0.6) is 0 Å². The molecule has 0 unspecified atom stereocenters. The minimum absolute atomic E-state index is 0.212. The van der Waals surface area contributed by atoms with Gasteiger partial charge in [0.1, 0.15) is 0 Å². The maximum atomic E-state index is 10.7. The molecule has 0 spiro atoms. The van der Waals surface area contributed by atoms with Gasteiger partial charge >= 0.3 is 5.97 Å². The van der Waals surface area contributed by atoms with Crippen LogP contribution in [0.4, 0.5) is 0 Å². The molecule has 2 heteroatoms. The summed E-state index contributed by atoms with van der Waals surface area (Å²) in [5.74, 6) is -0.942. The van der Waals surface area contributed by atoms with Crippen LogP contribution in [0.15, 0.2) is 60.7 Å². The molecule has 2 aromatic rings. The fraction of sp³-hybridized carbons (Fsp3) is 0.118. The van der Waals surface area contributed by atoms with Gasteiger partial charge in [0.2, 0.25) is 0 Å². The predicted octanol–water partition coefficient (Wildman–Crippen LogP) is 3.85. The Morgan fingerprint density at radius 1 is 1.11 bits per heavy atom. The van der Waals surface area contributed by atoms with E-state index in [-0.39, 0.29) is 5.57 Å². The van der Waals surface area contributed by atoms with Gasteiger partial charge in [-0.3, -0.25) is 0 Å². The van der Waals surface area contributed by atoms with Crippen LogP contribution in [0.1, 0.15) is 11.1 Å². The van der Waals surface area contributed by atoms with E-state index >= 15 is 0 Å². The van der Waals surface area contributed by atoms with Gasteiger partial charge in [0.05, 0.1) is 0 Å². The Labute approximate surface area is 113 Å². The summed E-state index contributed by atoms with van der Waals surface area (Å²) in [5.41, 5.74) is 4.74. The summed E-state index contributed by atoms with van der Waals surface area (Å²) in [4.78, 5) is 10.7. The zero-order valence-electron chi connectivity index (χ0n) is 10.9. The number of carbonyl (C=O) groups is 1. The lowest BCUT2D eigenvalue weighted by atomic mass is 9.98. The molecule has 2 nitrogen and oxygen atoms in total. The summed E-state index contributed by atoms with van der Waals surface area (Å²) in [6.07, 6.45) is 0.378. The molecule has 0 radical (unpaired) electrons. The first-order chi connectivity index (χ1) is 9.08. The number of carboxylic acids is 1. The second kappa shape index (κ2) is 5.53. The van der Waals surface area contributed by atoms with Crippen molar-refractivity contribution in [2.75, 3.05) is 0 Å². The maximum absolute atomic E-state index is 10.7. The first-order valence-corrected chi connectivity index (χ1v) is 6.14. The second-order valence-corrected chi connectivity index (χ2v) is 4.60. The molecule has 19 heavy (non-hydrogen) atoms. The summed E-state index contributed by atoms with van der Waals surface area (Å²) in [7, 11) is 0. The van der Waals surface area contributed by atoms with E-state index in [4.69, 9.17) is 5.11 Å². The summed E-state index contributed by atoms with van der Waals surface area (Å²) < 4.78 is 0. The molecule has 0 saturated heterocycles. The van der Waals surface area contributed by atoms with Gasteiger partial charge in [0, 0.05) is 12.0 Å². The average molecular weight is 252 g/mol. The molecule has 0 aliphatic heterocycles. The van der Waals surface area contributed by atoms with E-state index in [1.54, 1.807) is 0 Å². The van der Waals surface area contributed by atoms with Crippen molar-refractivity contribution in [3.05, 3.63) is 71.8 Å². The highest BCUT2D eigenvalue weighted by Crippen LogP contribution is 2.23. The van der Waals surface area contributed by atoms with E-state index < -0.39 is 5.97 Å². The molecule has 0 saturated carbocycles. The zero-order valence-corrected chi connectivity index (χ0v) is 10.9. The molecule has 2 rings (SSSR count). The van der Waals surface area contributed by atoms with E-state index in [9.17, 15) is 4.79 Å². The van der Waals surface area contributed by atoms with Gasteiger partial charge in [-0.2, -0.15) is 0 Å². The van der Waals surface area contributed by atoms with Crippen LogP contribution < -0.4 is 0 Å². The Kier molecular flexibility index (Phi) is 3.81. The first kappa shape index (κ1) is 13.1. The highest BCUT2D eigenvalue weighted by Gasteiger charge is 2.06. The van der Waals surface area contributed by atoms with Gasteiger partial charge in [0.15, 0.2) is 0 Å². The molecule has 0 atom stereocenters. The van der Waals surface area contributed by atoms with Crippen molar-refractivity contribution in [3.8, 4) is 11.1 Å². The van der Waals surface area contributed by atoms with Crippen LogP contribution in [0.3, 0.4) is 0 Å². The minimum Gasteiger partial charge on any atom is -0.478 e. The van der Waals surface area contributed by atoms with Crippen LogP contribution in [0, 0.1) is 6.92 Å². The van der Waals surface area contributed by atoms with E-state index in [1.807, 2.05) is 36.4 Å². The molecule has 0 aromatic heterocycles. The van der Waals surface area contributed by atoms with Gasteiger partial charge in [-0.1, -0.05) is 55.1 Å². The topological polar surface area (TPSA) is 37.3 Å². The molecule has 0 aliphatic rings. The smallest absolute Gasteiger partial charge is 0.331 e. The predicted molar refractivity (Wildman–Crippen MR) is 77.1 cm³/mol. The van der Waals surface area contributed by atoms with Gasteiger partial charge in [0.25, 0.3) is 0 Å². The second-order valence-electron chi connectivity index (χ2n) is 4.60. The zero-order chi connectivity index (χ0) is 13.8. The Balaban J connectivity index is 2.22. The third-order valence-corrected chi connectivity index (χ3v) is 3.13.